The Labute approximate surface area is 149 Å². The number of para-hydroxylation sites is 1. The van der Waals surface area contributed by atoms with E-state index in [1.165, 1.54) is 0 Å². The number of aliphatic hydroxyl groups excluding tert-OH is 1. The van der Waals surface area contributed by atoms with E-state index in [1.807, 2.05) is 30.3 Å². The lowest BCUT2D eigenvalue weighted by molar-refractivity contribution is 0.198. The molecule has 1 aliphatic heterocycles. The second-order valence-electron chi connectivity index (χ2n) is 6.86. The predicted molar refractivity (Wildman–Crippen MR) is 97.2 cm³/mol. The molecule has 134 valence electrons. The lowest BCUT2D eigenvalue weighted by atomic mass is 9.98. The summed E-state index contributed by atoms with van der Waals surface area (Å²) in [5.41, 5.74) is 2.94. The molecule has 1 unspecified atom stereocenters. The van der Waals surface area contributed by atoms with Crippen LogP contribution >= 0.6 is 0 Å². The van der Waals surface area contributed by atoms with E-state index in [9.17, 15) is 4.39 Å². The van der Waals surface area contributed by atoms with E-state index in [2.05, 4.69) is 11.0 Å². The molecule has 0 aromatic heterocycles. The van der Waals surface area contributed by atoms with Crippen LogP contribution < -0.4 is 4.74 Å². The summed E-state index contributed by atoms with van der Waals surface area (Å²) in [7, 11) is 0. The van der Waals surface area contributed by atoms with Crippen LogP contribution in [0.5, 0.6) is 5.75 Å². The molecule has 1 N–H and O–H groups in total. The van der Waals surface area contributed by atoms with Gasteiger partial charge in [-0.1, -0.05) is 30.3 Å². The third-order valence-corrected chi connectivity index (χ3v) is 4.85. The Balaban J connectivity index is 1.57. The van der Waals surface area contributed by atoms with Gasteiger partial charge in [0.2, 0.25) is 0 Å². The molecule has 4 heteroatoms. The van der Waals surface area contributed by atoms with Crippen molar-refractivity contribution in [2.45, 2.75) is 26.3 Å². The monoisotopic (exact) mass is 343 g/mol. The van der Waals surface area contributed by atoms with Gasteiger partial charge in [-0.05, 0) is 55.5 Å². The first-order valence-electron chi connectivity index (χ1n) is 8.94. The molecule has 1 heterocycles. The zero-order valence-electron chi connectivity index (χ0n) is 14.7. The lowest BCUT2D eigenvalue weighted by Gasteiger charge is -2.18. The van der Waals surface area contributed by atoms with Crippen molar-refractivity contribution in [1.82, 2.24) is 4.90 Å². The van der Waals surface area contributed by atoms with E-state index in [0.29, 0.717) is 18.1 Å². The van der Waals surface area contributed by atoms with Crippen LogP contribution in [0.4, 0.5) is 4.39 Å². The number of aliphatic hydroxyl groups is 1. The molecule has 0 saturated carbocycles. The number of nitrogens with zero attached hydrogens (tertiary/aromatic N) is 1. The zero-order valence-corrected chi connectivity index (χ0v) is 14.7. The molecule has 0 spiro atoms. The van der Waals surface area contributed by atoms with E-state index in [1.54, 1.807) is 13.0 Å². The largest absolute Gasteiger partial charge is 0.491 e. The number of rotatable bonds is 7. The van der Waals surface area contributed by atoms with Gasteiger partial charge >= 0.3 is 0 Å². The summed E-state index contributed by atoms with van der Waals surface area (Å²) in [5.74, 6) is 1.30. The smallest absolute Gasteiger partial charge is 0.126 e. The molecule has 1 saturated heterocycles. The molecule has 25 heavy (non-hydrogen) atoms. The molecule has 2 aromatic rings. The third kappa shape index (κ3) is 4.80. The van der Waals surface area contributed by atoms with Crippen LogP contribution in [-0.4, -0.2) is 36.3 Å². The van der Waals surface area contributed by atoms with Crippen LogP contribution in [0.2, 0.25) is 0 Å². The van der Waals surface area contributed by atoms with E-state index in [0.717, 1.165) is 49.4 Å². The fourth-order valence-electron chi connectivity index (χ4n) is 3.49. The van der Waals surface area contributed by atoms with Gasteiger partial charge in [-0.15, -0.1) is 0 Å². The second kappa shape index (κ2) is 8.45. The van der Waals surface area contributed by atoms with Gasteiger partial charge < -0.3 is 9.84 Å². The van der Waals surface area contributed by atoms with Gasteiger partial charge in [0.1, 0.15) is 18.2 Å². The number of aryl methyl sites for hydroxylation is 1. The molecule has 1 aliphatic rings. The van der Waals surface area contributed by atoms with Gasteiger partial charge in [0.15, 0.2) is 0 Å². The molecule has 3 nitrogen and oxygen atoms in total. The Bertz CT molecular complexity index is 704. The van der Waals surface area contributed by atoms with Gasteiger partial charge in [-0.2, -0.15) is 0 Å². The molecule has 0 bridgehead atoms. The summed E-state index contributed by atoms with van der Waals surface area (Å²) in [6.07, 6.45) is 2.06. The maximum atomic E-state index is 13.7. The van der Waals surface area contributed by atoms with Crippen molar-refractivity contribution in [3.8, 4) is 5.75 Å². The average molecular weight is 343 g/mol. The minimum Gasteiger partial charge on any atom is -0.491 e. The van der Waals surface area contributed by atoms with E-state index >= 15 is 0 Å². The fraction of sp³-hybridized carbons (Fsp3) is 0.429. The summed E-state index contributed by atoms with van der Waals surface area (Å²) in [4.78, 5) is 2.43. The van der Waals surface area contributed by atoms with Gasteiger partial charge in [-0.3, -0.25) is 4.90 Å². The highest BCUT2D eigenvalue weighted by Gasteiger charge is 2.23. The number of likely N-dealkylation sites (tertiary alicyclic amines) is 1. The maximum Gasteiger partial charge on any atom is 0.126 e. The molecule has 0 amide bonds. The number of benzene rings is 2. The topological polar surface area (TPSA) is 32.7 Å². The van der Waals surface area contributed by atoms with Gasteiger partial charge in [0.05, 0.1) is 6.61 Å². The Hall–Kier alpha value is -1.91. The Morgan fingerprint density at radius 2 is 2.08 bits per heavy atom. The first kappa shape index (κ1) is 17.9. The maximum absolute atomic E-state index is 13.7. The number of hydrogen-bond acceptors (Lipinski definition) is 3. The van der Waals surface area contributed by atoms with Gasteiger partial charge in [0, 0.05) is 18.7 Å². The van der Waals surface area contributed by atoms with Crippen molar-refractivity contribution in [2.24, 2.45) is 5.92 Å². The summed E-state index contributed by atoms with van der Waals surface area (Å²) in [5, 5.41) is 8.95. The van der Waals surface area contributed by atoms with Crippen molar-refractivity contribution in [3.63, 3.8) is 0 Å². The molecular weight excluding hydrogens is 317 g/mol. The summed E-state index contributed by atoms with van der Waals surface area (Å²) in [6.45, 7) is 5.05. The summed E-state index contributed by atoms with van der Waals surface area (Å²) >= 11 is 0. The Kier molecular flexibility index (Phi) is 6.05. The van der Waals surface area contributed by atoms with Crippen molar-refractivity contribution in [2.75, 3.05) is 26.3 Å². The molecule has 2 aromatic carbocycles. The molecule has 1 fully saturated rings. The number of hydrogen-bond donors (Lipinski definition) is 1. The lowest BCUT2D eigenvalue weighted by Crippen LogP contribution is -2.21. The van der Waals surface area contributed by atoms with Crippen LogP contribution in [0.25, 0.3) is 0 Å². The van der Waals surface area contributed by atoms with Crippen LogP contribution in [0, 0.1) is 18.7 Å². The van der Waals surface area contributed by atoms with Crippen LogP contribution in [0.1, 0.15) is 23.1 Å². The summed E-state index contributed by atoms with van der Waals surface area (Å²) < 4.78 is 19.3. The Morgan fingerprint density at radius 1 is 1.24 bits per heavy atom. The second-order valence-corrected chi connectivity index (χ2v) is 6.86. The zero-order chi connectivity index (χ0) is 17.6. The predicted octanol–water partition coefficient (Wildman–Crippen LogP) is 3.57. The van der Waals surface area contributed by atoms with Crippen LogP contribution in [0.3, 0.4) is 0 Å². The van der Waals surface area contributed by atoms with E-state index in [4.69, 9.17) is 9.84 Å². The van der Waals surface area contributed by atoms with E-state index < -0.39 is 0 Å². The number of halogens is 1. The Morgan fingerprint density at radius 3 is 2.88 bits per heavy atom. The molecule has 0 radical (unpaired) electrons. The highest BCUT2D eigenvalue weighted by atomic mass is 19.1. The van der Waals surface area contributed by atoms with Crippen molar-refractivity contribution >= 4 is 0 Å². The fourth-order valence-corrected chi connectivity index (χ4v) is 3.49. The highest BCUT2D eigenvalue weighted by Crippen LogP contribution is 2.26. The van der Waals surface area contributed by atoms with Gasteiger partial charge in [0.25, 0.3) is 0 Å². The van der Waals surface area contributed by atoms with E-state index in [-0.39, 0.29) is 12.4 Å². The van der Waals surface area contributed by atoms with Crippen molar-refractivity contribution in [1.29, 1.82) is 0 Å². The molecule has 3 rings (SSSR count). The first-order valence-corrected chi connectivity index (χ1v) is 8.94. The molecule has 1 atom stereocenters. The average Bonchev–Trinajstić information content (AvgIpc) is 3.04. The highest BCUT2D eigenvalue weighted by molar-refractivity contribution is 5.33. The minimum absolute atomic E-state index is 0.0211. The summed E-state index contributed by atoms with van der Waals surface area (Å²) in [6, 6.07) is 13.6. The SMILES string of the molecule is Cc1ccc(CC2CCN(Cc3ccccc3OCCO)C2)cc1F. The first-order chi connectivity index (χ1) is 12.2. The normalized spacial score (nSPS) is 17.8. The number of ether oxygens (including phenoxy) is 1. The quantitative estimate of drug-likeness (QED) is 0.834. The minimum atomic E-state index is -0.109. The van der Waals surface area contributed by atoms with Crippen LogP contribution in [-0.2, 0) is 13.0 Å². The van der Waals surface area contributed by atoms with Gasteiger partial charge in [-0.25, -0.2) is 4.39 Å². The standard InChI is InChI=1S/C21H26FNO2/c1-16-6-7-17(13-20(16)22)12-18-8-9-23(14-18)15-19-4-2-3-5-21(19)25-11-10-24/h2-7,13,18,24H,8-12,14-15H2,1H3. The third-order valence-electron chi connectivity index (χ3n) is 4.85. The van der Waals surface area contributed by atoms with Crippen molar-refractivity contribution in [3.05, 3.63) is 65.0 Å². The van der Waals surface area contributed by atoms with Crippen LogP contribution in [0.15, 0.2) is 42.5 Å². The molecule has 0 aliphatic carbocycles. The van der Waals surface area contributed by atoms with Crippen molar-refractivity contribution < 1.29 is 14.2 Å². The molecular formula is C21H26FNO2.